The lowest BCUT2D eigenvalue weighted by atomic mass is 9.74. The third-order valence-electron chi connectivity index (χ3n) is 6.44. The molecule has 0 aromatic heterocycles. The van der Waals surface area contributed by atoms with E-state index in [1.54, 1.807) is 0 Å². The zero-order valence-corrected chi connectivity index (χ0v) is 18.6. The summed E-state index contributed by atoms with van der Waals surface area (Å²) in [7, 11) is 0. The Morgan fingerprint density at radius 3 is 2.67 bits per heavy atom. The Labute approximate surface area is 180 Å². The third kappa shape index (κ3) is 5.35. The number of rotatable bonds is 8. The van der Waals surface area contributed by atoms with Crippen molar-refractivity contribution in [2.45, 2.75) is 64.5 Å². The molecular weight excluding hydrogens is 374 g/mol. The minimum Gasteiger partial charge on any atom is -0.454 e. The first-order valence-corrected chi connectivity index (χ1v) is 11.3. The summed E-state index contributed by atoms with van der Waals surface area (Å²) >= 11 is 0. The third-order valence-corrected chi connectivity index (χ3v) is 6.44. The minimum absolute atomic E-state index is 0.0104. The van der Waals surface area contributed by atoms with Gasteiger partial charge in [-0.3, -0.25) is 0 Å². The average Bonchev–Trinajstić information content (AvgIpc) is 3.19. The molecule has 0 aliphatic carbocycles. The maximum absolute atomic E-state index is 5.99. The SMILES string of the molecule is Cc1ccc([C@H](CCCNCc2ccc3c(c2)OCO3)[C@H]2CCOC(C)(C)C2)cc1. The first-order valence-electron chi connectivity index (χ1n) is 11.3. The van der Waals surface area contributed by atoms with Crippen LogP contribution in [-0.2, 0) is 11.3 Å². The van der Waals surface area contributed by atoms with Crippen LogP contribution in [0, 0.1) is 12.8 Å². The summed E-state index contributed by atoms with van der Waals surface area (Å²) < 4.78 is 16.9. The second-order valence-corrected chi connectivity index (χ2v) is 9.38. The molecule has 0 saturated carbocycles. The maximum Gasteiger partial charge on any atom is 0.231 e. The van der Waals surface area contributed by atoms with Crippen molar-refractivity contribution in [1.29, 1.82) is 0 Å². The van der Waals surface area contributed by atoms with Crippen LogP contribution in [0.4, 0.5) is 0 Å². The summed E-state index contributed by atoms with van der Waals surface area (Å²) in [6, 6.07) is 15.4. The topological polar surface area (TPSA) is 39.7 Å². The predicted molar refractivity (Wildman–Crippen MR) is 120 cm³/mol. The summed E-state index contributed by atoms with van der Waals surface area (Å²) in [5.41, 5.74) is 4.04. The van der Waals surface area contributed by atoms with Gasteiger partial charge in [0, 0.05) is 13.2 Å². The van der Waals surface area contributed by atoms with Crippen LogP contribution in [-0.4, -0.2) is 25.5 Å². The Bertz CT molecular complexity index is 831. The van der Waals surface area contributed by atoms with Crippen molar-refractivity contribution in [2.75, 3.05) is 19.9 Å². The van der Waals surface area contributed by atoms with Crippen LogP contribution in [0.5, 0.6) is 11.5 Å². The molecule has 2 aliphatic heterocycles. The van der Waals surface area contributed by atoms with Gasteiger partial charge in [0.05, 0.1) is 5.60 Å². The molecule has 2 atom stereocenters. The number of aryl methyl sites for hydroxylation is 1. The Morgan fingerprint density at radius 1 is 1.07 bits per heavy atom. The van der Waals surface area contributed by atoms with Gasteiger partial charge in [-0.05, 0) is 88.1 Å². The minimum atomic E-state index is -0.0104. The van der Waals surface area contributed by atoms with E-state index < -0.39 is 0 Å². The van der Waals surface area contributed by atoms with Crippen molar-refractivity contribution in [2.24, 2.45) is 5.92 Å². The molecule has 0 radical (unpaired) electrons. The van der Waals surface area contributed by atoms with Gasteiger partial charge in [0.25, 0.3) is 0 Å². The molecule has 4 nitrogen and oxygen atoms in total. The van der Waals surface area contributed by atoms with Crippen molar-refractivity contribution in [3.8, 4) is 11.5 Å². The molecule has 1 saturated heterocycles. The van der Waals surface area contributed by atoms with Crippen molar-refractivity contribution in [1.82, 2.24) is 5.32 Å². The summed E-state index contributed by atoms with van der Waals surface area (Å²) in [5, 5.41) is 3.61. The highest BCUT2D eigenvalue weighted by atomic mass is 16.7. The van der Waals surface area contributed by atoms with Gasteiger partial charge < -0.3 is 19.5 Å². The smallest absolute Gasteiger partial charge is 0.231 e. The first kappa shape index (κ1) is 21.2. The fourth-order valence-electron chi connectivity index (χ4n) is 4.84. The molecular formula is C26H35NO3. The monoisotopic (exact) mass is 409 g/mol. The van der Waals surface area contributed by atoms with E-state index in [2.05, 4.69) is 62.5 Å². The molecule has 4 rings (SSSR count). The molecule has 2 aromatic rings. The highest BCUT2D eigenvalue weighted by Crippen LogP contribution is 2.40. The number of ether oxygens (including phenoxy) is 3. The molecule has 0 unspecified atom stereocenters. The van der Waals surface area contributed by atoms with E-state index in [9.17, 15) is 0 Å². The lowest BCUT2D eigenvalue weighted by molar-refractivity contribution is -0.0772. The second-order valence-electron chi connectivity index (χ2n) is 9.38. The van der Waals surface area contributed by atoms with Gasteiger partial charge in [0.1, 0.15) is 0 Å². The van der Waals surface area contributed by atoms with Crippen LogP contribution in [0.2, 0.25) is 0 Å². The lowest BCUT2D eigenvalue weighted by Crippen LogP contribution is -2.36. The normalized spacial score (nSPS) is 20.8. The van der Waals surface area contributed by atoms with Gasteiger partial charge in [-0.15, -0.1) is 0 Å². The lowest BCUT2D eigenvalue weighted by Gasteiger charge is -2.39. The quantitative estimate of drug-likeness (QED) is 0.578. The molecule has 0 spiro atoms. The van der Waals surface area contributed by atoms with Crippen molar-refractivity contribution in [3.63, 3.8) is 0 Å². The number of hydrogen-bond acceptors (Lipinski definition) is 4. The zero-order valence-electron chi connectivity index (χ0n) is 18.6. The summed E-state index contributed by atoms with van der Waals surface area (Å²) in [4.78, 5) is 0. The molecule has 2 heterocycles. The van der Waals surface area contributed by atoms with E-state index in [1.807, 2.05) is 6.07 Å². The molecule has 162 valence electrons. The van der Waals surface area contributed by atoms with Crippen molar-refractivity contribution >= 4 is 0 Å². The van der Waals surface area contributed by atoms with E-state index in [0.29, 0.717) is 18.6 Å². The van der Waals surface area contributed by atoms with Crippen LogP contribution in [0.25, 0.3) is 0 Å². The predicted octanol–water partition coefficient (Wildman–Crippen LogP) is 5.58. The number of benzene rings is 2. The Balaban J connectivity index is 1.32. The Hall–Kier alpha value is -2.04. The first-order chi connectivity index (χ1) is 14.5. The molecule has 1 N–H and O–H groups in total. The Kier molecular flexibility index (Phi) is 6.64. The van der Waals surface area contributed by atoms with Gasteiger partial charge in [-0.1, -0.05) is 35.9 Å². The van der Waals surface area contributed by atoms with Crippen molar-refractivity contribution in [3.05, 3.63) is 59.2 Å². The van der Waals surface area contributed by atoms with Gasteiger partial charge in [0.15, 0.2) is 11.5 Å². The highest BCUT2D eigenvalue weighted by Gasteiger charge is 2.33. The molecule has 0 amide bonds. The average molecular weight is 410 g/mol. The number of fused-ring (bicyclic) bond motifs is 1. The van der Waals surface area contributed by atoms with Crippen LogP contribution in [0.15, 0.2) is 42.5 Å². The summed E-state index contributed by atoms with van der Waals surface area (Å²) in [6.45, 7) is 9.71. The second kappa shape index (κ2) is 9.40. The molecule has 0 bridgehead atoms. The van der Waals surface area contributed by atoms with Crippen LogP contribution in [0.1, 0.15) is 62.1 Å². The van der Waals surface area contributed by atoms with E-state index >= 15 is 0 Å². The van der Waals surface area contributed by atoms with Gasteiger partial charge >= 0.3 is 0 Å². The van der Waals surface area contributed by atoms with Crippen LogP contribution in [0.3, 0.4) is 0 Å². The molecule has 30 heavy (non-hydrogen) atoms. The molecule has 4 heteroatoms. The van der Waals surface area contributed by atoms with E-state index in [4.69, 9.17) is 14.2 Å². The molecule has 2 aromatic carbocycles. The number of hydrogen-bond donors (Lipinski definition) is 1. The standard InChI is InChI=1S/C26H35NO3/c1-19-6-9-21(10-7-19)23(22-12-14-30-26(2,3)16-22)5-4-13-27-17-20-8-11-24-25(15-20)29-18-28-24/h6-11,15,22-23,27H,4-5,12-14,16-18H2,1-3H3/t22-,23-/m0/s1. The van der Waals surface area contributed by atoms with Gasteiger partial charge in [-0.2, -0.15) is 0 Å². The zero-order chi connectivity index (χ0) is 21.0. The molecule has 1 fully saturated rings. The van der Waals surface area contributed by atoms with Gasteiger partial charge in [0.2, 0.25) is 6.79 Å². The van der Waals surface area contributed by atoms with Crippen molar-refractivity contribution < 1.29 is 14.2 Å². The number of nitrogens with one attached hydrogen (secondary N) is 1. The largest absolute Gasteiger partial charge is 0.454 e. The van der Waals surface area contributed by atoms with Crippen LogP contribution >= 0.6 is 0 Å². The summed E-state index contributed by atoms with van der Waals surface area (Å²) in [5.74, 6) is 2.99. The van der Waals surface area contributed by atoms with Gasteiger partial charge in [-0.25, -0.2) is 0 Å². The fourth-order valence-corrected chi connectivity index (χ4v) is 4.84. The van der Waals surface area contributed by atoms with E-state index in [1.165, 1.54) is 29.5 Å². The van der Waals surface area contributed by atoms with E-state index in [-0.39, 0.29) is 5.60 Å². The fraction of sp³-hybridized carbons (Fsp3) is 0.538. The Morgan fingerprint density at radius 2 is 1.87 bits per heavy atom. The maximum atomic E-state index is 5.99. The highest BCUT2D eigenvalue weighted by molar-refractivity contribution is 5.44. The van der Waals surface area contributed by atoms with E-state index in [0.717, 1.165) is 44.0 Å². The van der Waals surface area contributed by atoms with Crippen LogP contribution < -0.4 is 14.8 Å². The molecule has 2 aliphatic rings. The summed E-state index contributed by atoms with van der Waals surface area (Å²) in [6.07, 6.45) is 4.67.